The van der Waals surface area contributed by atoms with E-state index in [4.69, 9.17) is 34.8 Å². The van der Waals surface area contributed by atoms with Gasteiger partial charge in [0, 0.05) is 10.9 Å². The highest BCUT2D eigenvalue weighted by atomic mass is 35.5. The second-order valence-electron chi connectivity index (χ2n) is 4.91. The number of carbonyl (C=O) groups excluding carboxylic acids is 1. The minimum atomic E-state index is -0.0165. The highest BCUT2D eigenvalue weighted by Crippen LogP contribution is 2.34. The highest BCUT2D eigenvalue weighted by Gasteiger charge is 2.30. The molecule has 8 heteroatoms. The maximum Gasteiger partial charge on any atom is 0.227 e. The van der Waals surface area contributed by atoms with E-state index in [1.54, 1.807) is 18.2 Å². The molecule has 1 aromatic heterocycles. The summed E-state index contributed by atoms with van der Waals surface area (Å²) < 4.78 is 0. The van der Waals surface area contributed by atoms with Gasteiger partial charge in [0.2, 0.25) is 11.2 Å². The van der Waals surface area contributed by atoms with Gasteiger partial charge in [-0.05, 0) is 42.6 Å². The van der Waals surface area contributed by atoms with Crippen LogP contribution in [-0.4, -0.2) is 15.9 Å². The second-order valence-corrected chi connectivity index (χ2v) is 6.10. The summed E-state index contributed by atoms with van der Waals surface area (Å²) in [6.07, 6.45) is 3.24. The third kappa shape index (κ3) is 3.61. The minimum absolute atomic E-state index is 0.0165. The predicted octanol–water partition coefficient (Wildman–Crippen LogP) is 4.53. The SMILES string of the molecule is O=C(Nc1cc(Cl)ccc1Nc1nc(Cl)ncc1Cl)C1CC1. The number of halogens is 3. The molecule has 2 N–H and O–H groups in total. The van der Waals surface area contributed by atoms with Gasteiger partial charge in [0.15, 0.2) is 5.82 Å². The van der Waals surface area contributed by atoms with Gasteiger partial charge in [0.05, 0.1) is 17.6 Å². The first-order chi connectivity index (χ1) is 10.5. The van der Waals surface area contributed by atoms with Crippen LogP contribution in [0, 0.1) is 5.92 Å². The number of hydrogen-bond donors (Lipinski definition) is 2. The monoisotopic (exact) mass is 356 g/mol. The molecule has 5 nitrogen and oxygen atoms in total. The van der Waals surface area contributed by atoms with E-state index in [0.717, 1.165) is 12.8 Å². The molecule has 2 aromatic rings. The van der Waals surface area contributed by atoms with Crippen molar-refractivity contribution in [3.63, 3.8) is 0 Å². The van der Waals surface area contributed by atoms with Gasteiger partial charge in [-0.1, -0.05) is 23.2 Å². The van der Waals surface area contributed by atoms with Crippen molar-refractivity contribution in [2.75, 3.05) is 10.6 Å². The van der Waals surface area contributed by atoms with Gasteiger partial charge in [0.1, 0.15) is 5.02 Å². The summed E-state index contributed by atoms with van der Waals surface area (Å²) >= 11 is 17.8. The molecule has 0 atom stereocenters. The van der Waals surface area contributed by atoms with Crippen molar-refractivity contribution in [3.8, 4) is 0 Å². The average Bonchev–Trinajstić information content (AvgIpc) is 3.30. The Hall–Kier alpha value is -1.56. The Morgan fingerprint density at radius 3 is 2.68 bits per heavy atom. The Morgan fingerprint density at radius 1 is 1.18 bits per heavy atom. The van der Waals surface area contributed by atoms with Crippen molar-refractivity contribution >= 4 is 57.9 Å². The third-order valence-corrected chi connectivity index (χ3v) is 3.85. The quantitative estimate of drug-likeness (QED) is 0.789. The Bertz CT molecular complexity index is 734. The lowest BCUT2D eigenvalue weighted by atomic mass is 10.2. The Morgan fingerprint density at radius 2 is 1.95 bits per heavy atom. The van der Waals surface area contributed by atoms with E-state index >= 15 is 0 Å². The number of hydrogen-bond acceptors (Lipinski definition) is 4. The number of nitrogens with one attached hydrogen (secondary N) is 2. The fourth-order valence-corrected chi connectivity index (χ4v) is 2.31. The maximum absolute atomic E-state index is 12.0. The molecule has 22 heavy (non-hydrogen) atoms. The van der Waals surface area contributed by atoms with E-state index in [0.29, 0.717) is 27.2 Å². The molecule has 3 rings (SSSR count). The Labute approximate surface area is 142 Å². The summed E-state index contributed by atoms with van der Waals surface area (Å²) in [6.45, 7) is 0. The molecule has 1 amide bonds. The highest BCUT2D eigenvalue weighted by molar-refractivity contribution is 6.34. The molecule has 0 bridgehead atoms. The molecule has 1 fully saturated rings. The van der Waals surface area contributed by atoms with Crippen LogP contribution in [0.2, 0.25) is 15.3 Å². The molecule has 1 aliphatic rings. The molecule has 0 radical (unpaired) electrons. The van der Waals surface area contributed by atoms with Gasteiger partial charge in [-0.2, -0.15) is 4.98 Å². The molecule has 0 aliphatic heterocycles. The fraction of sp³-hybridized carbons (Fsp3) is 0.214. The molecule has 0 spiro atoms. The van der Waals surface area contributed by atoms with Crippen LogP contribution in [0.25, 0.3) is 0 Å². The molecule has 0 saturated heterocycles. The van der Waals surface area contributed by atoms with E-state index < -0.39 is 0 Å². The number of amides is 1. The van der Waals surface area contributed by atoms with Gasteiger partial charge in [-0.25, -0.2) is 4.98 Å². The van der Waals surface area contributed by atoms with Crippen LogP contribution in [0.3, 0.4) is 0 Å². The standard InChI is InChI=1S/C14H11Cl3N4O/c15-8-3-4-10(11(5-8)20-13(22)7-1-2-7)19-12-9(16)6-18-14(17)21-12/h3-7H,1-2H2,(H,20,22)(H,18,19,21). The van der Waals surface area contributed by atoms with Crippen LogP contribution in [0.1, 0.15) is 12.8 Å². The summed E-state index contributed by atoms with van der Waals surface area (Å²) in [5.41, 5.74) is 1.19. The van der Waals surface area contributed by atoms with Crippen LogP contribution >= 0.6 is 34.8 Å². The Balaban J connectivity index is 1.88. The Kier molecular flexibility index (Phi) is 4.38. The van der Waals surface area contributed by atoms with Crippen LogP contribution in [0.15, 0.2) is 24.4 Å². The van der Waals surface area contributed by atoms with Crippen molar-refractivity contribution in [1.82, 2.24) is 9.97 Å². The molecule has 1 aromatic carbocycles. The van der Waals surface area contributed by atoms with Crippen molar-refractivity contribution in [2.24, 2.45) is 5.92 Å². The topological polar surface area (TPSA) is 66.9 Å². The van der Waals surface area contributed by atoms with E-state index in [1.807, 2.05) is 0 Å². The molecular formula is C14H11Cl3N4O. The first kappa shape index (κ1) is 15.3. The molecule has 1 heterocycles. The normalized spacial score (nSPS) is 13.8. The van der Waals surface area contributed by atoms with Gasteiger partial charge in [-0.15, -0.1) is 0 Å². The zero-order chi connectivity index (χ0) is 15.7. The number of nitrogens with zero attached hydrogens (tertiary/aromatic N) is 2. The first-order valence-corrected chi connectivity index (χ1v) is 7.72. The largest absolute Gasteiger partial charge is 0.337 e. The van der Waals surface area contributed by atoms with Crippen LogP contribution in [0.5, 0.6) is 0 Å². The van der Waals surface area contributed by atoms with Crippen molar-refractivity contribution in [1.29, 1.82) is 0 Å². The van der Waals surface area contributed by atoms with Gasteiger partial charge in [-0.3, -0.25) is 4.79 Å². The summed E-state index contributed by atoms with van der Waals surface area (Å²) in [5, 5.41) is 6.80. The van der Waals surface area contributed by atoms with E-state index in [-0.39, 0.29) is 17.1 Å². The molecule has 1 saturated carbocycles. The molecule has 0 unspecified atom stereocenters. The molecular weight excluding hydrogens is 347 g/mol. The lowest BCUT2D eigenvalue weighted by Gasteiger charge is -2.13. The number of benzene rings is 1. The summed E-state index contributed by atoms with van der Waals surface area (Å²) in [6, 6.07) is 5.10. The zero-order valence-electron chi connectivity index (χ0n) is 11.2. The fourth-order valence-electron chi connectivity index (χ4n) is 1.87. The smallest absolute Gasteiger partial charge is 0.227 e. The lowest BCUT2D eigenvalue weighted by molar-refractivity contribution is -0.117. The van der Waals surface area contributed by atoms with Gasteiger partial charge in [0.25, 0.3) is 0 Å². The number of aromatic nitrogens is 2. The molecule has 114 valence electrons. The summed E-state index contributed by atoms with van der Waals surface area (Å²) in [4.78, 5) is 19.8. The minimum Gasteiger partial charge on any atom is -0.337 e. The lowest BCUT2D eigenvalue weighted by Crippen LogP contribution is -2.14. The number of rotatable bonds is 4. The van der Waals surface area contributed by atoms with Gasteiger partial charge < -0.3 is 10.6 Å². The van der Waals surface area contributed by atoms with Crippen molar-refractivity contribution in [2.45, 2.75) is 12.8 Å². The van der Waals surface area contributed by atoms with Crippen molar-refractivity contribution < 1.29 is 4.79 Å². The van der Waals surface area contributed by atoms with E-state index in [1.165, 1.54) is 6.20 Å². The van der Waals surface area contributed by atoms with Crippen LogP contribution in [0.4, 0.5) is 17.2 Å². The number of carbonyl (C=O) groups is 1. The zero-order valence-corrected chi connectivity index (χ0v) is 13.5. The van der Waals surface area contributed by atoms with Crippen molar-refractivity contribution in [3.05, 3.63) is 39.7 Å². The average molecular weight is 358 g/mol. The second kappa shape index (κ2) is 6.28. The summed E-state index contributed by atoms with van der Waals surface area (Å²) in [5.74, 6) is 0.423. The van der Waals surface area contributed by atoms with E-state index in [9.17, 15) is 4.79 Å². The predicted molar refractivity (Wildman–Crippen MR) is 88.1 cm³/mol. The van der Waals surface area contributed by atoms with Crippen LogP contribution < -0.4 is 10.6 Å². The van der Waals surface area contributed by atoms with Gasteiger partial charge >= 0.3 is 0 Å². The van der Waals surface area contributed by atoms with E-state index in [2.05, 4.69) is 20.6 Å². The third-order valence-electron chi connectivity index (χ3n) is 3.16. The molecule has 1 aliphatic carbocycles. The number of anilines is 3. The first-order valence-electron chi connectivity index (χ1n) is 6.58. The van der Waals surface area contributed by atoms with Crippen LogP contribution in [-0.2, 0) is 4.79 Å². The summed E-state index contributed by atoms with van der Waals surface area (Å²) in [7, 11) is 0. The maximum atomic E-state index is 12.0.